The van der Waals surface area contributed by atoms with Crippen LogP contribution in [0.2, 0.25) is 0 Å². The molecule has 0 aromatic rings. The highest BCUT2D eigenvalue weighted by Crippen LogP contribution is 2.67. The van der Waals surface area contributed by atoms with Gasteiger partial charge in [0.25, 0.3) is 0 Å². The van der Waals surface area contributed by atoms with Gasteiger partial charge in [0.2, 0.25) is 0 Å². The lowest BCUT2D eigenvalue weighted by molar-refractivity contribution is -0.164. The maximum Gasteiger partial charge on any atom is 0.306 e. The van der Waals surface area contributed by atoms with Gasteiger partial charge in [-0.2, -0.15) is 0 Å². The van der Waals surface area contributed by atoms with Crippen molar-refractivity contribution in [2.45, 2.75) is 137 Å². The van der Waals surface area contributed by atoms with Gasteiger partial charge in [-0.05, 0) is 85.0 Å². The Balaban J connectivity index is 1.57. The molecule has 43 heavy (non-hydrogen) atoms. The third-order valence-corrected chi connectivity index (χ3v) is 11.9. The molecule has 0 aromatic heterocycles. The molecule has 3 unspecified atom stereocenters. The minimum atomic E-state index is -1.02. The van der Waals surface area contributed by atoms with E-state index in [1.54, 1.807) is 0 Å². The zero-order chi connectivity index (χ0) is 31.5. The summed E-state index contributed by atoms with van der Waals surface area (Å²) in [4.78, 5) is 47.4. The van der Waals surface area contributed by atoms with Crippen LogP contribution in [0.5, 0.6) is 0 Å². The minimum absolute atomic E-state index is 0.0824. The van der Waals surface area contributed by atoms with Crippen LogP contribution >= 0.6 is 0 Å². The number of carbonyl (C=O) groups is 4. The quantitative estimate of drug-likeness (QED) is 0.167. The second kappa shape index (κ2) is 13.7. The van der Waals surface area contributed by atoms with Crippen LogP contribution in [0.15, 0.2) is 11.6 Å². The Kier molecular flexibility index (Phi) is 10.7. The highest BCUT2D eigenvalue weighted by atomic mass is 16.5. The normalized spacial score (nSPS) is 35.6. The molecule has 3 fully saturated rings. The van der Waals surface area contributed by atoms with Crippen molar-refractivity contribution in [3.8, 4) is 0 Å². The smallest absolute Gasteiger partial charge is 0.306 e. The monoisotopic (exact) mass is 602 g/mol. The highest BCUT2D eigenvalue weighted by Gasteiger charge is 2.62. The van der Waals surface area contributed by atoms with Crippen LogP contribution < -0.4 is 0 Å². The van der Waals surface area contributed by atoms with Crippen molar-refractivity contribution < 1.29 is 38.9 Å². The molecule has 0 spiro atoms. The Morgan fingerprint density at radius 1 is 0.837 bits per heavy atom. The van der Waals surface area contributed by atoms with E-state index >= 15 is 0 Å². The van der Waals surface area contributed by atoms with Crippen molar-refractivity contribution in [2.24, 2.45) is 46.3 Å². The number of esters is 2. The molecule has 0 amide bonds. The first kappa shape index (κ1) is 33.5. The molecule has 8 heteroatoms. The standard InChI is InChI=1S/C35H54O8/c1-21(2)7-6-8-22(3)25-9-10-26-33-27(16-18-35(25,26)5)34(4)17-15-24(42-31(40)13-11-29(36)37)19-23(34)20-28(33)43-32(41)14-12-30(38)39/h20-22,24-28,33H,6-19H2,1-5H3,(H,36,37)(H,38,39)/t22-,24+,25-,26?,27?,28+,33?,34+,35-/m1/s1. The van der Waals surface area contributed by atoms with Crippen molar-refractivity contribution >= 4 is 23.9 Å². The predicted molar refractivity (Wildman–Crippen MR) is 162 cm³/mol. The number of carboxylic acid groups (broad SMARTS) is 2. The second-order valence-electron chi connectivity index (χ2n) is 15.0. The molecule has 0 saturated heterocycles. The average molecular weight is 603 g/mol. The number of carboxylic acids is 2. The van der Waals surface area contributed by atoms with E-state index in [1.165, 1.54) is 25.7 Å². The van der Waals surface area contributed by atoms with Gasteiger partial charge in [-0.15, -0.1) is 0 Å². The Hall–Kier alpha value is -2.38. The fourth-order valence-corrected chi connectivity index (χ4v) is 9.70. The van der Waals surface area contributed by atoms with Gasteiger partial charge in [0.1, 0.15) is 12.2 Å². The summed E-state index contributed by atoms with van der Waals surface area (Å²) in [6, 6.07) is 0. The van der Waals surface area contributed by atoms with Gasteiger partial charge in [-0.3, -0.25) is 19.2 Å². The third-order valence-electron chi connectivity index (χ3n) is 11.9. The Morgan fingerprint density at radius 2 is 1.49 bits per heavy atom. The average Bonchev–Trinajstić information content (AvgIpc) is 3.28. The van der Waals surface area contributed by atoms with Crippen LogP contribution in [0.25, 0.3) is 0 Å². The lowest BCUT2D eigenvalue weighted by atomic mass is 9.46. The zero-order valence-corrected chi connectivity index (χ0v) is 26.9. The minimum Gasteiger partial charge on any atom is -0.481 e. The molecule has 0 aromatic carbocycles. The van der Waals surface area contributed by atoms with E-state index in [0.29, 0.717) is 30.1 Å². The van der Waals surface area contributed by atoms with Crippen LogP contribution in [-0.2, 0) is 28.7 Å². The third kappa shape index (κ3) is 7.47. The van der Waals surface area contributed by atoms with E-state index in [9.17, 15) is 19.2 Å². The van der Waals surface area contributed by atoms with E-state index in [-0.39, 0.29) is 48.5 Å². The van der Waals surface area contributed by atoms with Gasteiger partial charge in [-0.25, -0.2) is 0 Å². The van der Waals surface area contributed by atoms with Gasteiger partial charge in [-0.1, -0.05) is 59.5 Å². The van der Waals surface area contributed by atoms with Crippen molar-refractivity contribution in [1.82, 2.24) is 0 Å². The van der Waals surface area contributed by atoms with Crippen molar-refractivity contribution in [2.75, 3.05) is 0 Å². The molecule has 0 heterocycles. The summed E-state index contributed by atoms with van der Waals surface area (Å²) in [6.45, 7) is 11.8. The molecule has 0 radical (unpaired) electrons. The lowest BCUT2D eigenvalue weighted by Crippen LogP contribution is -2.55. The first-order valence-electron chi connectivity index (χ1n) is 16.8. The Morgan fingerprint density at radius 3 is 2.12 bits per heavy atom. The van der Waals surface area contributed by atoms with E-state index in [0.717, 1.165) is 43.6 Å². The van der Waals surface area contributed by atoms with Crippen molar-refractivity contribution in [3.63, 3.8) is 0 Å². The maximum atomic E-state index is 13.0. The second-order valence-corrected chi connectivity index (χ2v) is 15.0. The van der Waals surface area contributed by atoms with E-state index < -0.39 is 30.0 Å². The SMILES string of the molecule is CC(C)CCC[C@@H](C)[C@H]1CCC2C3C(CC[C@@]21C)[C@@]1(C)CC[C@H](OC(=O)CCC(=O)O)CC1=C[C@@H]3OC(=O)CCC(=O)O. The molecule has 8 nitrogen and oxygen atoms in total. The summed E-state index contributed by atoms with van der Waals surface area (Å²) in [5.41, 5.74) is 1.26. The topological polar surface area (TPSA) is 127 Å². The molecule has 4 aliphatic rings. The van der Waals surface area contributed by atoms with E-state index in [1.807, 2.05) is 0 Å². The summed E-state index contributed by atoms with van der Waals surface area (Å²) in [6.07, 6.45) is 11.1. The summed E-state index contributed by atoms with van der Waals surface area (Å²) >= 11 is 0. The highest BCUT2D eigenvalue weighted by molar-refractivity contribution is 5.77. The van der Waals surface area contributed by atoms with Crippen LogP contribution in [-0.4, -0.2) is 46.3 Å². The largest absolute Gasteiger partial charge is 0.481 e. The summed E-state index contributed by atoms with van der Waals surface area (Å²) in [5, 5.41) is 18.1. The Bertz CT molecular complexity index is 1080. The van der Waals surface area contributed by atoms with Crippen LogP contribution in [0.3, 0.4) is 0 Å². The van der Waals surface area contributed by atoms with Crippen LogP contribution in [0.4, 0.5) is 0 Å². The number of hydrogen-bond acceptors (Lipinski definition) is 6. The fourth-order valence-electron chi connectivity index (χ4n) is 9.70. The number of ether oxygens (including phenoxy) is 2. The summed E-state index contributed by atoms with van der Waals surface area (Å²) in [7, 11) is 0. The molecule has 4 rings (SSSR count). The molecule has 2 N–H and O–H groups in total. The summed E-state index contributed by atoms with van der Waals surface area (Å²) < 4.78 is 11.9. The molecule has 0 bridgehead atoms. The number of aliphatic carboxylic acids is 2. The molecule has 242 valence electrons. The molecule has 4 aliphatic carbocycles. The van der Waals surface area contributed by atoms with Gasteiger partial charge >= 0.3 is 23.9 Å². The number of hydrogen-bond donors (Lipinski definition) is 2. The number of rotatable bonds is 13. The van der Waals surface area contributed by atoms with E-state index in [2.05, 4.69) is 40.7 Å². The fraction of sp³-hybridized carbons (Fsp3) is 0.829. The zero-order valence-electron chi connectivity index (χ0n) is 26.9. The number of carbonyl (C=O) groups excluding carboxylic acids is 2. The first-order chi connectivity index (χ1) is 20.2. The molecule has 0 aliphatic heterocycles. The van der Waals surface area contributed by atoms with Gasteiger partial charge in [0, 0.05) is 12.3 Å². The predicted octanol–water partition coefficient (Wildman–Crippen LogP) is 7.19. The van der Waals surface area contributed by atoms with Gasteiger partial charge in [0.15, 0.2) is 0 Å². The van der Waals surface area contributed by atoms with Crippen molar-refractivity contribution in [1.29, 1.82) is 0 Å². The van der Waals surface area contributed by atoms with Crippen molar-refractivity contribution in [3.05, 3.63) is 11.6 Å². The molecular weight excluding hydrogens is 548 g/mol. The Labute approximate surface area is 257 Å². The first-order valence-corrected chi connectivity index (χ1v) is 16.8. The van der Waals surface area contributed by atoms with Crippen LogP contribution in [0.1, 0.15) is 125 Å². The van der Waals surface area contributed by atoms with Crippen LogP contribution in [0, 0.1) is 46.3 Å². The van der Waals surface area contributed by atoms with Gasteiger partial charge in [0.05, 0.1) is 25.7 Å². The summed E-state index contributed by atoms with van der Waals surface area (Å²) in [5.74, 6) is -0.0277. The number of fused-ring (bicyclic) bond motifs is 5. The molecule has 3 saturated carbocycles. The van der Waals surface area contributed by atoms with E-state index in [4.69, 9.17) is 19.7 Å². The lowest BCUT2D eigenvalue weighted by Gasteiger charge is -2.59. The maximum absolute atomic E-state index is 13.0. The van der Waals surface area contributed by atoms with Gasteiger partial charge < -0.3 is 19.7 Å². The molecular formula is C35H54O8. The molecule has 9 atom stereocenters.